The Morgan fingerprint density at radius 1 is 1.37 bits per heavy atom. The zero-order chi connectivity index (χ0) is 14.0. The van der Waals surface area contributed by atoms with Gasteiger partial charge in [-0.05, 0) is 59.4 Å². The van der Waals surface area contributed by atoms with Gasteiger partial charge in [0.15, 0.2) is 0 Å². The van der Waals surface area contributed by atoms with E-state index in [0.717, 1.165) is 19.3 Å². The van der Waals surface area contributed by atoms with Gasteiger partial charge in [-0.1, -0.05) is 0 Å². The summed E-state index contributed by atoms with van der Waals surface area (Å²) in [6.07, 6.45) is 6.46. The maximum absolute atomic E-state index is 12.3. The molecule has 0 aliphatic heterocycles. The van der Waals surface area contributed by atoms with Crippen LogP contribution in [0.15, 0.2) is 0 Å². The third-order valence-corrected chi connectivity index (χ3v) is 4.75. The first-order valence-electron chi connectivity index (χ1n) is 7.56. The highest BCUT2D eigenvalue weighted by atomic mass is 16.5. The van der Waals surface area contributed by atoms with Crippen molar-refractivity contribution in [2.45, 2.75) is 76.0 Å². The Morgan fingerprint density at radius 2 is 2.05 bits per heavy atom. The average molecular weight is 268 g/mol. The van der Waals surface area contributed by atoms with Crippen LogP contribution >= 0.6 is 0 Å². The summed E-state index contributed by atoms with van der Waals surface area (Å²) in [5, 5.41) is 3.58. The number of carbonyl (C=O) groups is 1. The van der Waals surface area contributed by atoms with Crippen LogP contribution in [0.2, 0.25) is 0 Å². The predicted octanol–water partition coefficient (Wildman–Crippen LogP) is 1.93. The molecule has 2 unspecified atom stereocenters. The first-order valence-corrected chi connectivity index (χ1v) is 7.56. The second-order valence-electron chi connectivity index (χ2n) is 6.50. The number of hydrogen-bond acceptors (Lipinski definition) is 4. The second kappa shape index (κ2) is 5.80. The fraction of sp³-hybridized carbons (Fsp3) is 0.933. The van der Waals surface area contributed by atoms with Crippen LogP contribution in [-0.4, -0.2) is 48.7 Å². The number of esters is 1. The molecule has 19 heavy (non-hydrogen) atoms. The minimum absolute atomic E-state index is 0.0683. The Kier molecular flexibility index (Phi) is 4.51. The molecule has 0 aromatic carbocycles. The van der Waals surface area contributed by atoms with Gasteiger partial charge in [0.25, 0.3) is 0 Å². The smallest absolute Gasteiger partial charge is 0.326 e. The molecule has 4 nitrogen and oxygen atoms in total. The Bertz CT molecular complexity index is 328. The van der Waals surface area contributed by atoms with E-state index in [4.69, 9.17) is 4.74 Å². The maximum atomic E-state index is 12.3. The fourth-order valence-electron chi connectivity index (χ4n) is 3.20. The quantitative estimate of drug-likeness (QED) is 0.774. The first-order chi connectivity index (χ1) is 8.98. The number of nitrogens with zero attached hydrogens (tertiary/aromatic N) is 1. The van der Waals surface area contributed by atoms with Gasteiger partial charge in [0.05, 0.1) is 7.11 Å². The number of ether oxygens (including phenoxy) is 1. The lowest BCUT2D eigenvalue weighted by atomic mass is 9.78. The molecule has 0 saturated heterocycles. The first kappa shape index (κ1) is 14.8. The highest BCUT2D eigenvalue weighted by Crippen LogP contribution is 2.35. The van der Waals surface area contributed by atoms with Crippen molar-refractivity contribution in [3.8, 4) is 0 Å². The third-order valence-electron chi connectivity index (χ3n) is 4.75. The standard InChI is InChI=1S/C15H28N2O2/c1-11(2)17(3)13-6-5-9-15(10-13,14(18)19-4)16-12-7-8-12/h11-13,16H,5-10H2,1-4H3. The molecule has 0 radical (unpaired) electrons. The maximum Gasteiger partial charge on any atom is 0.326 e. The molecule has 2 saturated carbocycles. The van der Waals surface area contributed by atoms with Crippen molar-refractivity contribution in [3.05, 3.63) is 0 Å². The van der Waals surface area contributed by atoms with Crippen molar-refractivity contribution < 1.29 is 9.53 Å². The molecule has 2 aliphatic carbocycles. The Hall–Kier alpha value is -0.610. The van der Waals surface area contributed by atoms with Crippen LogP contribution in [-0.2, 0) is 9.53 Å². The van der Waals surface area contributed by atoms with Gasteiger partial charge in [-0.25, -0.2) is 0 Å². The SMILES string of the molecule is COC(=O)C1(NC2CC2)CCCC(N(C)C(C)C)C1. The minimum atomic E-state index is -0.442. The van der Waals surface area contributed by atoms with Crippen molar-refractivity contribution in [2.24, 2.45) is 0 Å². The summed E-state index contributed by atoms with van der Waals surface area (Å²) in [5.74, 6) is -0.0683. The van der Waals surface area contributed by atoms with Gasteiger partial charge in [-0.2, -0.15) is 0 Å². The molecule has 2 fully saturated rings. The molecular formula is C15H28N2O2. The number of carbonyl (C=O) groups excluding carboxylic acids is 1. The van der Waals surface area contributed by atoms with Gasteiger partial charge in [0, 0.05) is 18.1 Å². The summed E-state index contributed by atoms with van der Waals surface area (Å²) in [4.78, 5) is 14.7. The van der Waals surface area contributed by atoms with E-state index in [9.17, 15) is 4.79 Å². The molecule has 0 aromatic rings. The predicted molar refractivity (Wildman–Crippen MR) is 76.1 cm³/mol. The summed E-state index contributed by atoms with van der Waals surface area (Å²) >= 11 is 0. The van der Waals surface area contributed by atoms with Crippen LogP contribution in [0.4, 0.5) is 0 Å². The van der Waals surface area contributed by atoms with E-state index in [-0.39, 0.29) is 5.97 Å². The van der Waals surface area contributed by atoms with Crippen molar-refractivity contribution >= 4 is 5.97 Å². The summed E-state index contributed by atoms with van der Waals surface area (Å²) in [6, 6.07) is 1.51. The molecule has 0 spiro atoms. The van der Waals surface area contributed by atoms with E-state index in [1.54, 1.807) is 0 Å². The summed E-state index contributed by atoms with van der Waals surface area (Å²) in [6.45, 7) is 4.42. The molecule has 1 N–H and O–H groups in total. The van der Waals surface area contributed by atoms with Crippen molar-refractivity contribution in [1.82, 2.24) is 10.2 Å². The van der Waals surface area contributed by atoms with Crippen LogP contribution in [0.1, 0.15) is 52.4 Å². The number of hydrogen-bond donors (Lipinski definition) is 1. The topological polar surface area (TPSA) is 41.6 Å². The summed E-state index contributed by atoms with van der Waals surface area (Å²) < 4.78 is 5.09. The fourth-order valence-corrected chi connectivity index (χ4v) is 3.20. The highest BCUT2D eigenvalue weighted by Gasteiger charge is 2.47. The lowest BCUT2D eigenvalue weighted by Crippen LogP contribution is -2.59. The molecule has 0 amide bonds. The molecule has 2 aliphatic rings. The van der Waals surface area contributed by atoms with E-state index in [1.807, 2.05) is 0 Å². The van der Waals surface area contributed by atoms with Gasteiger partial charge < -0.3 is 9.64 Å². The van der Waals surface area contributed by atoms with Crippen molar-refractivity contribution in [3.63, 3.8) is 0 Å². The molecule has 0 bridgehead atoms. The number of methoxy groups -OCH3 is 1. The largest absolute Gasteiger partial charge is 0.468 e. The zero-order valence-electron chi connectivity index (χ0n) is 12.7. The lowest BCUT2D eigenvalue weighted by Gasteiger charge is -2.43. The Morgan fingerprint density at radius 3 is 2.58 bits per heavy atom. The van der Waals surface area contributed by atoms with Crippen LogP contribution in [0.25, 0.3) is 0 Å². The molecule has 0 aromatic heterocycles. The van der Waals surface area contributed by atoms with Crippen LogP contribution in [0.3, 0.4) is 0 Å². The van der Waals surface area contributed by atoms with Crippen LogP contribution in [0.5, 0.6) is 0 Å². The summed E-state index contributed by atoms with van der Waals surface area (Å²) in [7, 11) is 3.67. The average Bonchev–Trinajstić information content (AvgIpc) is 3.20. The van der Waals surface area contributed by atoms with E-state index < -0.39 is 5.54 Å². The van der Waals surface area contributed by atoms with Gasteiger partial charge in [0.2, 0.25) is 0 Å². The van der Waals surface area contributed by atoms with Crippen molar-refractivity contribution in [1.29, 1.82) is 0 Å². The molecule has 2 atom stereocenters. The second-order valence-corrected chi connectivity index (χ2v) is 6.50. The van der Waals surface area contributed by atoms with E-state index in [2.05, 4.69) is 31.1 Å². The van der Waals surface area contributed by atoms with Crippen molar-refractivity contribution in [2.75, 3.05) is 14.2 Å². The van der Waals surface area contributed by atoms with Gasteiger partial charge in [-0.15, -0.1) is 0 Å². The Labute approximate surface area is 116 Å². The molecule has 2 rings (SSSR count). The molecule has 0 heterocycles. The molecule has 4 heteroatoms. The number of nitrogens with one attached hydrogen (secondary N) is 1. The van der Waals surface area contributed by atoms with Crippen LogP contribution < -0.4 is 5.32 Å². The molecule has 110 valence electrons. The lowest BCUT2D eigenvalue weighted by molar-refractivity contribution is -0.151. The summed E-state index contributed by atoms with van der Waals surface area (Å²) in [5.41, 5.74) is -0.442. The van der Waals surface area contributed by atoms with Crippen LogP contribution in [0, 0.1) is 0 Å². The zero-order valence-corrected chi connectivity index (χ0v) is 12.7. The van der Waals surface area contributed by atoms with E-state index >= 15 is 0 Å². The Balaban J connectivity index is 2.10. The monoisotopic (exact) mass is 268 g/mol. The van der Waals surface area contributed by atoms with Gasteiger partial charge in [-0.3, -0.25) is 10.1 Å². The van der Waals surface area contributed by atoms with Gasteiger partial charge in [0.1, 0.15) is 5.54 Å². The van der Waals surface area contributed by atoms with E-state index in [1.165, 1.54) is 26.4 Å². The number of rotatable bonds is 5. The molecular weight excluding hydrogens is 240 g/mol. The normalized spacial score (nSPS) is 31.8. The third kappa shape index (κ3) is 3.29. The minimum Gasteiger partial charge on any atom is -0.468 e. The van der Waals surface area contributed by atoms with Gasteiger partial charge >= 0.3 is 5.97 Å². The highest BCUT2D eigenvalue weighted by molar-refractivity contribution is 5.81. The van der Waals surface area contributed by atoms with E-state index in [0.29, 0.717) is 18.1 Å².